The summed E-state index contributed by atoms with van der Waals surface area (Å²) in [5, 5.41) is 8.33. The molecule has 2 atom stereocenters. The average molecular weight is 184 g/mol. The van der Waals surface area contributed by atoms with E-state index in [9.17, 15) is 4.79 Å². The van der Waals surface area contributed by atoms with Crippen LogP contribution in [0.5, 0.6) is 0 Å². The van der Waals surface area contributed by atoms with E-state index in [0.29, 0.717) is 20.6 Å². The summed E-state index contributed by atoms with van der Waals surface area (Å²) >= 11 is 5.39. The molecule has 0 fully saturated rings. The summed E-state index contributed by atoms with van der Waals surface area (Å²) in [5.41, 5.74) is 5.82. The van der Waals surface area contributed by atoms with Crippen molar-refractivity contribution < 1.29 is 9.90 Å². The van der Waals surface area contributed by atoms with Gasteiger partial charge in [0.15, 0.2) is 0 Å². The number of carboxylic acid groups (broad SMARTS) is 1. The summed E-state index contributed by atoms with van der Waals surface area (Å²) in [6, 6.07) is -0.712. The molecule has 5 heteroatoms. The molecule has 10 heavy (non-hydrogen) atoms. The van der Waals surface area contributed by atoms with E-state index in [1.807, 2.05) is 0 Å². The molecule has 3 N–H and O–H groups in total. The molecule has 0 aromatic rings. The zero-order valence-electron chi connectivity index (χ0n) is 5.51. The van der Waals surface area contributed by atoms with Crippen molar-refractivity contribution >= 4 is 26.2 Å². The second-order valence-electron chi connectivity index (χ2n) is 1.87. The van der Waals surface area contributed by atoms with E-state index < -0.39 is 12.0 Å². The van der Waals surface area contributed by atoms with Crippen molar-refractivity contribution in [2.24, 2.45) is 5.73 Å². The van der Waals surface area contributed by atoms with Gasteiger partial charge in [0, 0.05) is 5.62 Å². The highest BCUT2D eigenvalue weighted by molar-refractivity contribution is 7.40. The molecule has 0 amide bonds. The van der Waals surface area contributed by atoms with Crippen molar-refractivity contribution in [2.45, 2.75) is 12.5 Å². The van der Waals surface area contributed by atoms with Gasteiger partial charge in [-0.15, -0.1) is 20.2 Å². The van der Waals surface area contributed by atoms with Crippen LogP contribution in [-0.2, 0) is 4.79 Å². The number of hydrogen-bond donors (Lipinski definition) is 2. The third-order valence-corrected chi connectivity index (χ3v) is 2.44. The molecule has 0 saturated carbocycles. The first-order valence-electron chi connectivity index (χ1n) is 2.93. The zero-order chi connectivity index (χ0) is 7.98. The first-order valence-corrected chi connectivity index (χ1v) is 4.88. The van der Waals surface area contributed by atoms with Crippen molar-refractivity contribution in [3.8, 4) is 0 Å². The smallest absolute Gasteiger partial charge is 0.320 e. The van der Waals surface area contributed by atoms with Crippen molar-refractivity contribution in [1.29, 1.82) is 0 Å². The summed E-state index contributed by atoms with van der Waals surface area (Å²) in [7, 11) is 0.622. The minimum atomic E-state index is -0.931. The van der Waals surface area contributed by atoms with Gasteiger partial charge in [0.25, 0.3) is 0 Å². The van der Waals surface area contributed by atoms with E-state index in [1.165, 1.54) is 0 Å². The van der Waals surface area contributed by atoms with Crippen molar-refractivity contribution in [1.82, 2.24) is 0 Å². The molecule has 0 saturated heterocycles. The first-order chi connectivity index (χ1) is 4.68. The van der Waals surface area contributed by atoms with Crippen molar-refractivity contribution in [3.05, 3.63) is 0 Å². The van der Waals surface area contributed by atoms with Gasteiger partial charge < -0.3 is 10.8 Å². The predicted molar refractivity (Wildman–Crippen MR) is 44.1 cm³/mol. The molecule has 0 aliphatic carbocycles. The van der Waals surface area contributed by atoms with Gasteiger partial charge in [-0.3, -0.25) is 4.79 Å². The molecule has 0 aromatic heterocycles. The number of carboxylic acids is 1. The van der Waals surface area contributed by atoms with Gasteiger partial charge in [-0.2, -0.15) is 0 Å². The Balaban J connectivity index is 3.21. The SMILES string of the molecule is NC(CCPCCl)C(=O)O. The predicted octanol–water partition coefficient (Wildman–Crippen LogP) is 0.663. The topological polar surface area (TPSA) is 63.3 Å². The quantitative estimate of drug-likeness (QED) is 0.374. The third-order valence-electron chi connectivity index (χ3n) is 1.04. The third kappa shape index (κ3) is 4.98. The molecule has 0 aliphatic heterocycles. The summed E-state index contributed by atoms with van der Waals surface area (Å²) < 4.78 is 0. The Hall–Kier alpha value is 0.150. The van der Waals surface area contributed by atoms with E-state index in [2.05, 4.69) is 0 Å². The summed E-state index contributed by atoms with van der Waals surface area (Å²) in [4.78, 5) is 10.1. The molecule has 0 bridgehead atoms. The van der Waals surface area contributed by atoms with Gasteiger partial charge in [0.05, 0.1) is 0 Å². The Kier molecular flexibility index (Phi) is 5.99. The maximum Gasteiger partial charge on any atom is 0.320 e. The fourth-order valence-electron chi connectivity index (χ4n) is 0.448. The molecule has 60 valence electrons. The number of aliphatic carboxylic acids is 1. The van der Waals surface area contributed by atoms with E-state index in [-0.39, 0.29) is 0 Å². The van der Waals surface area contributed by atoms with Gasteiger partial charge in [-0.25, -0.2) is 0 Å². The van der Waals surface area contributed by atoms with Crippen LogP contribution in [0.25, 0.3) is 0 Å². The first kappa shape index (κ1) is 10.2. The number of nitrogens with two attached hydrogens (primary N) is 1. The minimum absolute atomic E-state index is 0.528. The lowest BCUT2D eigenvalue weighted by Crippen LogP contribution is -2.30. The molecule has 0 rings (SSSR count). The number of hydrogen-bond acceptors (Lipinski definition) is 2. The van der Waals surface area contributed by atoms with Crippen LogP contribution in [0.4, 0.5) is 0 Å². The Morgan fingerprint density at radius 2 is 2.40 bits per heavy atom. The molecule has 0 spiro atoms. The lowest BCUT2D eigenvalue weighted by Gasteiger charge is -2.03. The molecule has 0 heterocycles. The lowest BCUT2D eigenvalue weighted by molar-refractivity contribution is -0.138. The van der Waals surface area contributed by atoms with Gasteiger partial charge in [0.1, 0.15) is 6.04 Å². The standard InChI is InChI=1S/C5H11ClNO2P/c6-3-10-2-1-4(7)5(8)9/h4,10H,1-3,7H2,(H,8,9). The van der Waals surface area contributed by atoms with E-state index in [1.54, 1.807) is 0 Å². The number of rotatable bonds is 5. The van der Waals surface area contributed by atoms with Crippen LogP contribution in [0.1, 0.15) is 6.42 Å². The van der Waals surface area contributed by atoms with E-state index in [4.69, 9.17) is 22.4 Å². The fourth-order valence-corrected chi connectivity index (χ4v) is 1.50. The van der Waals surface area contributed by atoms with Gasteiger partial charge in [-0.05, 0) is 12.6 Å². The van der Waals surface area contributed by atoms with Gasteiger partial charge in [-0.1, -0.05) is 0 Å². The monoisotopic (exact) mass is 183 g/mol. The highest BCUT2D eigenvalue weighted by Gasteiger charge is 2.09. The highest BCUT2D eigenvalue weighted by atomic mass is 35.5. The van der Waals surface area contributed by atoms with Crippen LogP contribution in [0, 0.1) is 0 Å². The molecule has 3 nitrogen and oxygen atoms in total. The van der Waals surface area contributed by atoms with Crippen molar-refractivity contribution in [2.75, 3.05) is 11.8 Å². The van der Waals surface area contributed by atoms with Crippen molar-refractivity contribution in [3.63, 3.8) is 0 Å². The Morgan fingerprint density at radius 1 is 1.80 bits per heavy atom. The second-order valence-corrected chi connectivity index (χ2v) is 3.94. The highest BCUT2D eigenvalue weighted by Crippen LogP contribution is 2.13. The van der Waals surface area contributed by atoms with Crippen LogP contribution < -0.4 is 5.73 Å². The summed E-state index contributed by atoms with van der Waals surface area (Å²) in [6.45, 7) is 0. The van der Waals surface area contributed by atoms with Crippen LogP contribution in [0.2, 0.25) is 0 Å². The molecule has 0 aliphatic rings. The van der Waals surface area contributed by atoms with Crippen LogP contribution in [0.15, 0.2) is 0 Å². The van der Waals surface area contributed by atoms with Gasteiger partial charge >= 0.3 is 5.97 Å². The number of halogens is 1. The molecule has 0 radical (unpaired) electrons. The fraction of sp³-hybridized carbons (Fsp3) is 0.800. The average Bonchev–Trinajstić information content (AvgIpc) is 1.88. The largest absolute Gasteiger partial charge is 0.480 e. The Labute approximate surface area is 66.7 Å². The minimum Gasteiger partial charge on any atom is -0.480 e. The molecule has 2 unspecified atom stereocenters. The normalized spacial score (nSPS) is 14.2. The van der Waals surface area contributed by atoms with Crippen LogP contribution in [0.3, 0.4) is 0 Å². The molecule has 0 aromatic carbocycles. The lowest BCUT2D eigenvalue weighted by atomic mass is 10.2. The summed E-state index contributed by atoms with van der Waals surface area (Å²) in [5.74, 6) is -0.931. The van der Waals surface area contributed by atoms with E-state index in [0.717, 1.165) is 6.16 Å². The maximum atomic E-state index is 10.1. The van der Waals surface area contributed by atoms with Crippen LogP contribution in [-0.4, -0.2) is 28.9 Å². The molecular weight excluding hydrogens is 172 g/mol. The zero-order valence-corrected chi connectivity index (χ0v) is 7.27. The summed E-state index contributed by atoms with van der Waals surface area (Å²) in [6.07, 6.45) is 1.34. The van der Waals surface area contributed by atoms with Gasteiger partial charge in [0.2, 0.25) is 0 Å². The number of carbonyl (C=O) groups is 1. The Bertz CT molecular complexity index is 112. The molecular formula is C5H11ClNO2P. The number of alkyl halides is 1. The van der Waals surface area contributed by atoms with E-state index >= 15 is 0 Å². The second kappa shape index (κ2) is 5.90. The maximum absolute atomic E-state index is 10.1. The van der Waals surface area contributed by atoms with Crippen LogP contribution >= 0.6 is 20.2 Å². The Morgan fingerprint density at radius 3 is 2.80 bits per heavy atom.